The minimum Gasteiger partial charge on any atom is -0.489 e. The maximum atomic E-state index is 13.6. The van der Waals surface area contributed by atoms with E-state index >= 15 is 0 Å². The van der Waals surface area contributed by atoms with Crippen LogP contribution in [0.1, 0.15) is 37.3 Å². The lowest BCUT2D eigenvalue weighted by Gasteiger charge is -2.16. The summed E-state index contributed by atoms with van der Waals surface area (Å²) >= 11 is 2.68. The topological polar surface area (TPSA) is 122 Å². The van der Waals surface area contributed by atoms with Gasteiger partial charge in [-0.15, -0.1) is 22.0 Å². The standard InChI is InChI=1S/C40H33N5O4S2/c1-27-44-45-40(50-27)43-39(48)36(30-13-7-3-8-14-30)51-34-23-19-32(20-24-34)41-38(47)35(42-37(46)31-15-9-4-10-16-31)25-28-17-21-33(22-18-28)49-26-29-11-5-2-6-12-29/h2-25,36H,26H2,1H3,(H,41,47)(H,42,46)(H,43,45,48)/b35-25-. The van der Waals surface area contributed by atoms with Crippen molar-refractivity contribution in [3.63, 3.8) is 0 Å². The second-order valence-electron chi connectivity index (χ2n) is 11.2. The summed E-state index contributed by atoms with van der Waals surface area (Å²) in [5.41, 5.74) is 3.57. The molecule has 6 rings (SSSR count). The van der Waals surface area contributed by atoms with Crippen LogP contribution in [0.2, 0.25) is 0 Å². The van der Waals surface area contributed by atoms with Gasteiger partial charge in [-0.05, 0) is 78.2 Å². The van der Waals surface area contributed by atoms with Gasteiger partial charge in [0, 0.05) is 16.1 Å². The van der Waals surface area contributed by atoms with Crippen molar-refractivity contribution < 1.29 is 19.1 Å². The molecule has 0 fully saturated rings. The molecule has 1 aromatic heterocycles. The number of hydrogen-bond donors (Lipinski definition) is 3. The predicted octanol–water partition coefficient (Wildman–Crippen LogP) is 8.31. The summed E-state index contributed by atoms with van der Waals surface area (Å²) in [6, 6.07) is 42.5. The molecule has 1 heterocycles. The number of aromatic nitrogens is 2. The van der Waals surface area contributed by atoms with Crippen molar-refractivity contribution in [2.75, 3.05) is 10.6 Å². The maximum absolute atomic E-state index is 13.6. The van der Waals surface area contributed by atoms with Gasteiger partial charge in [-0.3, -0.25) is 19.7 Å². The zero-order valence-electron chi connectivity index (χ0n) is 27.5. The molecule has 9 nitrogen and oxygen atoms in total. The van der Waals surface area contributed by atoms with Crippen LogP contribution < -0.4 is 20.7 Å². The molecule has 3 amide bonds. The number of aryl methyl sites for hydroxylation is 1. The predicted molar refractivity (Wildman–Crippen MR) is 202 cm³/mol. The van der Waals surface area contributed by atoms with Gasteiger partial charge in [-0.2, -0.15) is 0 Å². The van der Waals surface area contributed by atoms with Crippen molar-refractivity contribution in [1.29, 1.82) is 0 Å². The summed E-state index contributed by atoms with van der Waals surface area (Å²) in [4.78, 5) is 40.9. The van der Waals surface area contributed by atoms with E-state index in [1.807, 2.05) is 110 Å². The van der Waals surface area contributed by atoms with E-state index < -0.39 is 17.1 Å². The molecule has 11 heteroatoms. The van der Waals surface area contributed by atoms with Crippen LogP contribution >= 0.6 is 23.1 Å². The summed E-state index contributed by atoms with van der Waals surface area (Å²) in [7, 11) is 0. The van der Waals surface area contributed by atoms with Gasteiger partial charge in [0.05, 0.1) is 0 Å². The highest BCUT2D eigenvalue weighted by atomic mass is 32.2. The Hall–Kier alpha value is -6.04. The SMILES string of the molecule is Cc1nnc(NC(=O)C(Sc2ccc(NC(=O)/C(=C/c3ccc(OCc4ccccc4)cc3)NC(=O)c3ccccc3)cc2)c2ccccc2)s1. The molecular weight excluding hydrogens is 679 g/mol. The first-order valence-electron chi connectivity index (χ1n) is 16.0. The van der Waals surface area contributed by atoms with Gasteiger partial charge in [-0.1, -0.05) is 102 Å². The molecule has 3 N–H and O–H groups in total. The fourth-order valence-corrected chi connectivity index (χ4v) is 6.50. The van der Waals surface area contributed by atoms with Gasteiger partial charge >= 0.3 is 0 Å². The number of carbonyl (C=O) groups is 3. The minimum atomic E-state index is -0.561. The van der Waals surface area contributed by atoms with Gasteiger partial charge in [0.1, 0.15) is 28.3 Å². The smallest absolute Gasteiger partial charge is 0.272 e. The van der Waals surface area contributed by atoms with Gasteiger partial charge in [0.2, 0.25) is 11.0 Å². The zero-order chi connectivity index (χ0) is 35.4. The number of hydrogen-bond acceptors (Lipinski definition) is 8. The average molecular weight is 712 g/mol. The van der Waals surface area contributed by atoms with Crippen molar-refractivity contribution >= 4 is 57.7 Å². The van der Waals surface area contributed by atoms with Gasteiger partial charge in [0.15, 0.2) is 0 Å². The average Bonchev–Trinajstić information content (AvgIpc) is 3.58. The first-order chi connectivity index (χ1) is 24.9. The van der Waals surface area contributed by atoms with Gasteiger partial charge in [0.25, 0.3) is 11.8 Å². The van der Waals surface area contributed by atoms with Crippen molar-refractivity contribution in [2.45, 2.75) is 23.7 Å². The van der Waals surface area contributed by atoms with Crippen molar-refractivity contribution in [3.8, 4) is 5.75 Å². The zero-order valence-corrected chi connectivity index (χ0v) is 29.1. The largest absolute Gasteiger partial charge is 0.489 e. The third kappa shape index (κ3) is 10.0. The normalized spacial score (nSPS) is 11.7. The molecule has 0 aliphatic rings. The number of anilines is 2. The molecule has 1 unspecified atom stereocenters. The molecule has 0 bridgehead atoms. The Morgan fingerprint density at radius 2 is 1.41 bits per heavy atom. The Balaban J connectivity index is 1.16. The van der Waals surface area contributed by atoms with Crippen LogP contribution in [0.4, 0.5) is 10.8 Å². The molecule has 0 aliphatic carbocycles. The van der Waals surface area contributed by atoms with Crippen LogP contribution in [0.3, 0.4) is 0 Å². The third-order valence-electron chi connectivity index (χ3n) is 7.43. The molecule has 51 heavy (non-hydrogen) atoms. The van der Waals surface area contributed by atoms with E-state index in [0.29, 0.717) is 34.3 Å². The number of amides is 3. The highest BCUT2D eigenvalue weighted by Crippen LogP contribution is 2.37. The Morgan fingerprint density at radius 3 is 2.06 bits per heavy atom. The molecule has 0 radical (unpaired) electrons. The van der Waals surface area contributed by atoms with Crippen LogP contribution in [0.5, 0.6) is 5.75 Å². The fraction of sp³-hybridized carbons (Fsp3) is 0.0750. The molecule has 0 saturated heterocycles. The molecule has 0 aliphatic heterocycles. The Bertz CT molecular complexity index is 2110. The first kappa shape index (κ1) is 34.8. The van der Waals surface area contributed by atoms with Gasteiger partial charge < -0.3 is 15.4 Å². The van der Waals surface area contributed by atoms with E-state index in [1.54, 1.807) is 42.5 Å². The molecule has 254 valence electrons. The lowest BCUT2D eigenvalue weighted by Crippen LogP contribution is -2.30. The third-order valence-corrected chi connectivity index (χ3v) is 9.45. The first-order valence-corrected chi connectivity index (χ1v) is 17.7. The number of nitrogens with one attached hydrogen (secondary N) is 3. The van der Waals surface area contributed by atoms with Crippen LogP contribution in [0.25, 0.3) is 6.08 Å². The number of rotatable bonds is 13. The monoisotopic (exact) mass is 711 g/mol. The Morgan fingerprint density at radius 1 is 0.765 bits per heavy atom. The van der Waals surface area contributed by atoms with Crippen LogP contribution in [0.15, 0.2) is 150 Å². The Labute approximate surface area is 303 Å². The van der Waals surface area contributed by atoms with Crippen molar-refractivity contribution in [3.05, 3.63) is 172 Å². The molecule has 0 spiro atoms. The molecule has 1 atom stereocenters. The van der Waals surface area contributed by atoms with Gasteiger partial charge in [-0.25, -0.2) is 0 Å². The lowest BCUT2D eigenvalue weighted by molar-refractivity contribution is -0.116. The molecule has 0 saturated carbocycles. The summed E-state index contributed by atoms with van der Waals surface area (Å²) in [6.45, 7) is 2.26. The van der Waals surface area contributed by atoms with E-state index in [0.717, 1.165) is 21.0 Å². The number of carbonyl (C=O) groups excluding carboxylic acids is 3. The number of nitrogens with zero attached hydrogens (tertiary/aromatic N) is 2. The summed E-state index contributed by atoms with van der Waals surface area (Å²) in [5.74, 6) is -0.464. The van der Waals surface area contributed by atoms with Crippen molar-refractivity contribution in [2.24, 2.45) is 0 Å². The number of ether oxygens (including phenoxy) is 1. The highest BCUT2D eigenvalue weighted by Gasteiger charge is 2.23. The quantitative estimate of drug-likeness (QED) is 0.0814. The fourth-order valence-electron chi connectivity index (χ4n) is 4.88. The van der Waals surface area contributed by atoms with E-state index in [1.165, 1.54) is 23.1 Å². The highest BCUT2D eigenvalue weighted by molar-refractivity contribution is 8.00. The molecule has 6 aromatic rings. The Kier molecular flexibility index (Phi) is 11.6. The van der Waals surface area contributed by atoms with E-state index in [2.05, 4.69) is 26.1 Å². The van der Waals surface area contributed by atoms with E-state index in [9.17, 15) is 14.4 Å². The summed E-state index contributed by atoms with van der Waals surface area (Å²) < 4.78 is 5.90. The van der Waals surface area contributed by atoms with Crippen molar-refractivity contribution in [1.82, 2.24) is 15.5 Å². The summed E-state index contributed by atoms with van der Waals surface area (Å²) in [5, 5.41) is 17.2. The van der Waals surface area contributed by atoms with Crippen LogP contribution in [-0.4, -0.2) is 27.9 Å². The minimum absolute atomic E-state index is 0.0629. The second kappa shape index (κ2) is 17.1. The number of thioether (sulfide) groups is 1. The maximum Gasteiger partial charge on any atom is 0.272 e. The van der Waals surface area contributed by atoms with E-state index in [4.69, 9.17) is 4.74 Å². The number of benzene rings is 5. The van der Waals surface area contributed by atoms with E-state index in [-0.39, 0.29) is 11.6 Å². The molecular formula is C40H33N5O4S2. The second-order valence-corrected chi connectivity index (χ2v) is 13.6. The summed E-state index contributed by atoms with van der Waals surface area (Å²) in [6.07, 6.45) is 1.61. The van der Waals surface area contributed by atoms with Crippen LogP contribution in [0, 0.1) is 6.92 Å². The van der Waals surface area contributed by atoms with Crippen LogP contribution in [-0.2, 0) is 16.2 Å². The lowest BCUT2D eigenvalue weighted by atomic mass is 10.1. The molecule has 5 aromatic carbocycles.